The van der Waals surface area contributed by atoms with E-state index >= 15 is 0 Å². The summed E-state index contributed by atoms with van der Waals surface area (Å²) in [7, 11) is -0.303. The smallest absolute Gasteiger partial charge is 0.392 e. The van der Waals surface area contributed by atoms with E-state index in [1.165, 1.54) is 28.1 Å². The van der Waals surface area contributed by atoms with Gasteiger partial charge in [-0.1, -0.05) is 66.7 Å². The van der Waals surface area contributed by atoms with Gasteiger partial charge in [0.1, 0.15) is 11.6 Å². The number of benzene rings is 2. The molecule has 2 aromatic carbocycles. The van der Waals surface area contributed by atoms with E-state index in [0.29, 0.717) is 6.04 Å². The first-order valence-electron chi connectivity index (χ1n) is 15.3. The lowest BCUT2D eigenvalue weighted by molar-refractivity contribution is 0.262. The van der Waals surface area contributed by atoms with Crippen LogP contribution in [0.4, 0.5) is 11.6 Å². The molecule has 12 heteroatoms. The quantitative estimate of drug-likeness (QED) is 0.280. The van der Waals surface area contributed by atoms with Crippen molar-refractivity contribution in [2.45, 2.75) is 25.1 Å². The van der Waals surface area contributed by atoms with Crippen LogP contribution in [0.15, 0.2) is 91.3 Å². The SMILES string of the molecule is CN1CCN(c2ncccc2CO)C(c2ccccc2)C1.CN1CCN2c3ncccc3Cc3ccccc3C2C1.O=S(=O)(O)O. The Morgan fingerprint density at radius 1 is 0.696 bits per heavy atom. The fraction of sp³-hybridized carbons (Fsp3) is 0.353. The maximum atomic E-state index is 9.58. The first-order chi connectivity index (χ1) is 22.1. The molecule has 0 saturated carbocycles. The van der Waals surface area contributed by atoms with E-state index in [1.54, 1.807) is 6.20 Å². The molecule has 2 saturated heterocycles. The summed E-state index contributed by atoms with van der Waals surface area (Å²) in [5, 5.41) is 9.58. The van der Waals surface area contributed by atoms with Crippen LogP contribution in [0.1, 0.15) is 39.9 Å². The topological polar surface area (TPSA) is 134 Å². The van der Waals surface area contributed by atoms with Gasteiger partial charge in [0.15, 0.2) is 0 Å². The molecule has 0 bridgehead atoms. The maximum absolute atomic E-state index is 9.58. The highest BCUT2D eigenvalue weighted by atomic mass is 32.3. The zero-order valence-corrected chi connectivity index (χ0v) is 27.0. The minimum absolute atomic E-state index is 0.0248. The zero-order valence-electron chi connectivity index (χ0n) is 26.2. The molecule has 0 spiro atoms. The standard InChI is InChI=1S/C17H21N3O.C17H19N3.H2O4S/c1-19-10-11-20(17-15(13-21)8-5-9-18-17)16(12-19)14-6-3-2-4-7-14;1-19-9-10-20-16(12-19)15-7-3-2-5-13(15)11-14-6-4-8-18-17(14)20;1-5(2,3)4/h2-9,16,21H,10-13H2,1H3;2-8,16H,9-12H2,1H3;(H2,1,2,3,4). The Hall–Kier alpha value is -3.91. The summed E-state index contributed by atoms with van der Waals surface area (Å²) >= 11 is 0. The average molecular weight is 647 g/mol. The molecule has 3 aliphatic heterocycles. The van der Waals surface area contributed by atoms with Crippen molar-refractivity contribution in [3.63, 3.8) is 0 Å². The number of aliphatic hydroxyl groups is 1. The Bertz CT molecular complexity index is 1680. The number of nitrogens with zero attached hydrogens (tertiary/aromatic N) is 6. The Kier molecular flexibility index (Phi) is 11.0. The van der Waals surface area contributed by atoms with Gasteiger partial charge in [-0.05, 0) is 48.5 Å². The lowest BCUT2D eigenvalue weighted by Crippen LogP contribution is -2.47. The molecule has 5 heterocycles. The highest BCUT2D eigenvalue weighted by Gasteiger charge is 2.33. The van der Waals surface area contributed by atoms with Crippen molar-refractivity contribution in [3.8, 4) is 0 Å². The van der Waals surface area contributed by atoms with Crippen molar-refractivity contribution < 1.29 is 22.6 Å². The number of hydrogen-bond donors (Lipinski definition) is 3. The molecule has 244 valence electrons. The van der Waals surface area contributed by atoms with Crippen LogP contribution in [0.3, 0.4) is 0 Å². The predicted molar refractivity (Wildman–Crippen MR) is 179 cm³/mol. The predicted octanol–water partition coefficient (Wildman–Crippen LogP) is 3.89. The lowest BCUT2D eigenvalue weighted by Gasteiger charge is -2.41. The van der Waals surface area contributed by atoms with E-state index < -0.39 is 10.4 Å². The van der Waals surface area contributed by atoms with E-state index in [2.05, 4.69) is 104 Å². The summed E-state index contributed by atoms with van der Waals surface area (Å²) in [5.41, 5.74) is 6.45. The lowest BCUT2D eigenvalue weighted by atomic mass is 9.96. The summed E-state index contributed by atoms with van der Waals surface area (Å²) in [6, 6.07) is 28.2. The summed E-state index contributed by atoms with van der Waals surface area (Å²) in [5.74, 6) is 2.09. The Labute approximate surface area is 271 Å². The number of fused-ring (bicyclic) bond motifs is 5. The van der Waals surface area contributed by atoms with Crippen molar-refractivity contribution in [2.24, 2.45) is 0 Å². The fourth-order valence-corrected chi connectivity index (χ4v) is 6.44. The molecule has 2 unspecified atom stereocenters. The average Bonchev–Trinajstić information content (AvgIpc) is 3.19. The number of aromatic nitrogens is 2. The summed E-state index contributed by atoms with van der Waals surface area (Å²) < 4.78 is 31.6. The third-order valence-corrected chi connectivity index (χ3v) is 8.60. The van der Waals surface area contributed by atoms with Crippen LogP contribution in [0.2, 0.25) is 0 Å². The summed E-state index contributed by atoms with van der Waals surface area (Å²) in [4.78, 5) is 18.8. The molecular weight excluding hydrogens is 604 g/mol. The van der Waals surface area contributed by atoms with Gasteiger partial charge in [0.05, 0.1) is 18.7 Å². The first-order valence-corrected chi connectivity index (χ1v) is 16.7. The number of anilines is 2. The Morgan fingerprint density at radius 2 is 1.24 bits per heavy atom. The highest BCUT2D eigenvalue weighted by Crippen LogP contribution is 2.37. The fourth-order valence-electron chi connectivity index (χ4n) is 6.44. The van der Waals surface area contributed by atoms with Crippen LogP contribution in [0, 0.1) is 0 Å². The second kappa shape index (κ2) is 15.1. The molecule has 4 aromatic rings. The second-order valence-electron chi connectivity index (χ2n) is 11.8. The van der Waals surface area contributed by atoms with Gasteiger partial charge >= 0.3 is 10.4 Å². The molecule has 0 radical (unpaired) electrons. The van der Waals surface area contributed by atoms with Crippen molar-refractivity contribution in [2.75, 3.05) is 63.2 Å². The minimum atomic E-state index is -4.67. The monoisotopic (exact) mass is 646 g/mol. The summed E-state index contributed by atoms with van der Waals surface area (Å²) in [6.45, 7) is 6.15. The van der Waals surface area contributed by atoms with Crippen molar-refractivity contribution >= 4 is 22.0 Å². The van der Waals surface area contributed by atoms with Crippen LogP contribution in [0.5, 0.6) is 0 Å². The molecule has 7 rings (SSSR count). The second-order valence-corrected chi connectivity index (χ2v) is 12.7. The molecule has 3 aliphatic rings. The van der Waals surface area contributed by atoms with Gasteiger partial charge in [0, 0.05) is 63.6 Å². The van der Waals surface area contributed by atoms with Crippen molar-refractivity contribution in [1.82, 2.24) is 19.8 Å². The van der Waals surface area contributed by atoms with Gasteiger partial charge in [-0.25, -0.2) is 9.97 Å². The first kappa shape index (κ1) is 33.5. The van der Waals surface area contributed by atoms with Crippen molar-refractivity contribution in [3.05, 3.63) is 119 Å². The molecule has 3 N–H and O–H groups in total. The number of likely N-dealkylation sites (N-methyl/N-ethyl adjacent to an activating group) is 2. The van der Waals surface area contributed by atoms with E-state index in [4.69, 9.17) is 17.5 Å². The number of aliphatic hydroxyl groups excluding tert-OH is 1. The van der Waals surface area contributed by atoms with Crippen LogP contribution in [-0.4, -0.2) is 95.8 Å². The molecule has 2 fully saturated rings. The van der Waals surface area contributed by atoms with Crippen LogP contribution in [0.25, 0.3) is 0 Å². The van der Waals surface area contributed by atoms with Gasteiger partial charge < -0.3 is 24.7 Å². The maximum Gasteiger partial charge on any atom is 0.394 e. The van der Waals surface area contributed by atoms with E-state index in [9.17, 15) is 5.11 Å². The third kappa shape index (κ3) is 8.46. The van der Waals surface area contributed by atoms with Crippen LogP contribution < -0.4 is 9.80 Å². The number of rotatable bonds is 3. The summed E-state index contributed by atoms with van der Waals surface area (Å²) in [6.07, 6.45) is 4.72. The Balaban J connectivity index is 0.000000159. The number of hydrogen-bond acceptors (Lipinski definition) is 9. The molecule has 46 heavy (non-hydrogen) atoms. The normalized spacial score (nSPS) is 19.7. The number of pyridine rings is 2. The molecule has 0 aliphatic carbocycles. The molecule has 11 nitrogen and oxygen atoms in total. The van der Waals surface area contributed by atoms with Crippen molar-refractivity contribution in [1.29, 1.82) is 0 Å². The Morgan fingerprint density at radius 3 is 1.91 bits per heavy atom. The van der Waals surface area contributed by atoms with Gasteiger partial charge in [-0.15, -0.1) is 0 Å². The molecular formula is C34H42N6O5S. The van der Waals surface area contributed by atoms with Gasteiger partial charge in [-0.3, -0.25) is 9.11 Å². The van der Waals surface area contributed by atoms with E-state index in [0.717, 1.165) is 57.1 Å². The minimum Gasteiger partial charge on any atom is -0.392 e. The molecule has 2 aromatic heterocycles. The van der Waals surface area contributed by atoms with E-state index in [1.807, 2.05) is 24.4 Å². The molecule has 0 amide bonds. The molecule has 2 atom stereocenters. The third-order valence-electron chi connectivity index (χ3n) is 8.60. The van der Waals surface area contributed by atoms with Crippen LogP contribution >= 0.6 is 0 Å². The van der Waals surface area contributed by atoms with Gasteiger partial charge in [-0.2, -0.15) is 8.42 Å². The van der Waals surface area contributed by atoms with Gasteiger partial charge in [0.2, 0.25) is 0 Å². The zero-order chi connectivity index (χ0) is 32.7. The van der Waals surface area contributed by atoms with Gasteiger partial charge in [0.25, 0.3) is 0 Å². The number of piperazine rings is 2. The van der Waals surface area contributed by atoms with E-state index in [-0.39, 0.29) is 12.6 Å². The largest absolute Gasteiger partial charge is 0.394 e. The van der Waals surface area contributed by atoms with Crippen LogP contribution in [-0.2, 0) is 23.4 Å². The highest BCUT2D eigenvalue weighted by molar-refractivity contribution is 7.79.